The SMILES string of the molecule is C/C=C(\C)C(=O)OOOC(=O)/C(C)=C/C. The van der Waals surface area contributed by atoms with Crippen molar-refractivity contribution in [2.24, 2.45) is 0 Å². The molecule has 0 rings (SSSR count). The van der Waals surface area contributed by atoms with E-state index < -0.39 is 11.9 Å². The van der Waals surface area contributed by atoms with Gasteiger partial charge in [0.1, 0.15) is 0 Å². The molecule has 0 aromatic heterocycles. The number of carbonyl (C=O) groups excluding carboxylic acids is 2. The number of rotatable bonds is 4. The fraction of sp³-hybridized carbons (Fsp3) is 0.400. The van der Waals surface area contributed by atoms with E-state index in [1.807, 2.05) is 0 Å². The van der Waals surface area contributed by atoms with Crippen molar-refractivity contribution >= 4 is 11.9 Å². The minimum Gasteiger partial charge on any atom is -0.254 e. The van der Waals surface area contributed by atoms with E-state index in [9.17, 15) is 9.59 Å². The van der Waals surface area contributed by atoms with E-state index in [4.69, 9.17) is 0 Å². The first-order chi connectivity index (χ1) is 7.02. The van der Waals surface area contributed by atoms with Gasteiger partial charge in [-0.25, -0.2) is 9.59 Å². The molecule has 0 aliphatic rings. The Morgan fingerprint density at radius 2 is 1.20 bits per heavy atom. The highest BCUT2D eigenvalue weighted by molar-refractivity contribution is 5.88. The molecular formula is C10H14O5. The molecule has 15 heavy (non-hydrogen) atoms. The van der Waals surface area contributed by atoms with Crippen LogP contribution < -0.4 is 0 Å². The molecule has 0 amide bonds. The Kier molecular flexibility index (Phi) is 6.05. The largest absolute Gasteiger partial charge is 0.372 e. The fourth-order valence-corrected chi connectivity index (χ4v) is 0.446. The van der Waals surface area contributed by atoms with E-state index in [1.165, 1.54) is 0 Å². The maximum absolute atomic E-state index is 11.0. The molecule has 0 atom stereocenters. The van der Waals surface area contributed by atoms with E-state index in [0.29, 0.717) is 11.1 Å². The molecule has 0 saturated carbocycles. The summed E-state index contributed by atoms with van der Waals surface area (Å²) in [6, 6.07) is 0. The zero-order valence-electron chi connectivity index (χ0n) is 9.20. The summed E-state index contributed by atoms with van der Waals surface area (Å²) in [7, 11) is 0. The van der Waals surface area contributed by atoms with Crippen molar-refractivity contribution in [3.8, 4) is 0 Å². The van der Waals surface area contributed by atoms with Crippen LogP contribution in [-0.2, 0) is 24.4 Å². The van der Waals surface area contributed by atoms with Gasteiger partial charge in [0.15, 0.2) is 0 Å². The Bertz CT molecular complexity index is 271. The van der Waals surface area contributed by atoms with Crippen LogP contribution in [0, 0.1) is 0 Å². The molecule has 0 aliphatic heterocycles. The second kappa shape index (κ2) is 6.78. The van der Waals surface area contributed by atoms with Gasteiger partial charge in [0.05, 0.1) is 0 Å². The van der Waals surface area contributed by atoms with Crippen molar-refractivity contribution in [2.75, 3.05) is 0 Å². The molecule has 0 N–H and O–H groups in total. The first-order valence-corrected chi connectivity index (χ1v) is 4.38. The van der Waals surface area contributed by atoms with Crippen molar-refractivity contribution in [3.63, 3.8) is 0 Å². The van der Waals surface area contributed by atoms with Gasteiger partial charge in [-0.05, 0) is 27.7 Å². The van der Waals surface area contributed by atoms with Crippen LogP contribution in [-0.4, -0.2) is 11.9 Å². The Labute approximate surface area is 88.2 Å². The summed E-state index contributed by atoms with van der Waals surface area (Å²) in [5.74, 6) is -1.41. The maximum Gasteiger partial charge on any atom is 0.372 e. The third-order valence-electron chi connectivity index (χ3n) is 1.73. The van der Waals surface area contributed by atoms with E-state index >= 15 is 0 Å². The highest BCUT2D eigenvalue weighted by atomic mass is 17.5. The fourth-order valence-electron chi connectivity index (χ4n) is 0.446. The molecule has 84 valence electrons. The molecule has 0 bridgehead atoms. The van der Waals surface area contributed by atoms with Crippen LogP contribution in [0.1, 0.15) is 27.7 Å². The molecule has 0 unspecified atom stereocenters. The first-order valence-electron chi connectivity index (χ1n) is 4.38. The van der Waals surface area contributed by atoms with Gasteiger partial charge < -0.3 is 0 Å². The molecule has 0 aromatic carbocycles. The van der Waals surface area contributed by atoms with Gasteiger partial charge in [0.25, 0.3) is 0 Å². The summed E-state index contributed by atoms with van der Waals surface area (Å²) in [4.78, 5) is 30.3. The summed E-state index contributed by atoms with van der Waals surface area (Å²) >= 11 is 0. The van der Waals surface area contributed by atoms with E-state index in [0.717, 1.165) is 0 Å². The highest BCUT2D eigenvalue weighted by Crippen LogP contribution is 2.00. The average molecular weight is 214 g/mol. The number of allylic oxidation sites excluding steroid dienone is 2. The monoisotopic (exact) mass is 214 g/mol. The molecule has 0 aliphatic carbocycles. The second-order valence-electron chi connectivity index (χ2n) is 2.75. The van der Waals surface area contributed by atoms with Gasteiger partial charge in [0.2, 0.25) is 0 Å². The van der Waals surface area contributed by atoms with Crippen LogP contribution in [0.25, 0.3) is 0 Å². The number of hydrogen-bond acceptors (Lipinski definition) is 5. The number of hydrogen-bond donors (Lipinski definition) is 0. The second-order valence-corrected chi connectivity index (χ2v) is 2.75. The molecule has 0 saturated heterocycles. The lowest BCUT2D eigenvalue weighted by Gasteiger charge is -2.01. The van der Waals surface area contributed by atoms with Crippen LogP contribution in [0.4, 0.5) is 0 Å². The highest BCUT2D eigenvalue weighted by Gasteiger charge is 2.10. The maximum atomic E-state index is 11.0. The van der Waals surface area contributed by atoms with Crippen LogP contribution >= 0.6 is 0 Å². The molecule has 0 aromatic rings. The summed E-state index contributed by atoms with van der Waals surface area (Å²) in [5.41, 5.74) is 0.711. The minimum absolute atomic E-state index is 0.355. The van der Waals surface area contributed by atoms with Gasteiger partial charge >= 0.3 is 11.9 Å². The third kappa shape index (κ3) is 4.97. The Morgan fingerprint density at radius 3 is 1.47 bits per heavy atom. The molecule has 0 spiro atoms. The van der Waals surface area contributed by atoms with Gasteiger partial charge in [-0.3, -0.25) is 9.78 Å². The summed E-state index contributed by atoms with van der Waals surface area (Å²) in [5, 5.41) is 4.02. The summed E-state index contributed by atoms with van der Waals surface area (Å²) in [6.45, 7) is 6.44. The van der Waals surface area contributed by atoms with Crippen LogP contribution in [0.3, 0.4) is 0 Å². The van der Waals surface area contributed by atoms with Gasteiger partial charge in [-0.2, -0.15) is 0 Å². The average Bonchev–Trinajstić information content (AvgIpc) is 2.26. The van der Waals surface area contributed by atoms with Gasteiger partial charge in [0, 0.05) is 16.2 Å². The lowest BCUT2D eigenvalue weighted by Crippen LogP contribution is -2.11. The minimum atomic E-state index is -0.705. The van der Waals surface area contributed by atoms with E-state index in [-0.39, 0.29) is 0 Å². The van der Waals surface area contributed by atoms with Crippen molar-refractivity contribution in [3.05, 3.63) is 23.3 Å². The van der Waals surface area contributed by atoms with Crippen LogP contribution in [0.5, 0.6) is 0 Å². The Hall–Kier alpha value is -1.62. The normalized spacial score (nSPS) is 12.3. The van der Waals surface area contributed by atoms with Crippen molar-refractivity contribution < 1.29 is 24.4 Å². The zero-order valence-corrected chi connectivity index (χ0v) is 9.20. The third-order valence-corrected chi connectivity index (χ3v) is 1.73. The number of carbonyl (C=O) groups is 2. The molecule has 5 heteroatoms. The van der Waals surface area contributed by atoms with Crippen molar-refractivity contribution in [1.82, 2.24) is 0 Å². The van der Waals surface area contributed by atoms with Gasteiger partial charge in [-0.15, -0.1) is 0 Å². The Balaban J connectivity index is 3.91. The lowest BCUT2D eigenvalue weighted by atomic mass is 10.3. The predicted octanol–water partition coefficient (Wildman–Crippen LogP) is 1.85. The topological polar surface area (TPSA) is 61.8 Å². The summed E-state index contributed by atoms with van der Waals surface area (Å²) < 4.78 is 0. The van der Waals surface area contributed by atoms with Crippen LogP contribution in [0.2, 0.25) is 0 Å². The molecule has 0 fully saturated rings. The summed E-state index contributed by atoms with van der Waals surface area (Å²) in [6.07, 6.45) is 3.09. The van der Waals surface area contributed by atoms with Crippen LogP contribution in [0.15, 0.2) is 23.3 Å². The van der Waals surface area contributed by atoms with Gasteiger partial charge in [-0.1, -0.05) is 12.2 Å². The Morgan fingerprint density at radius 1 is 0.867 bits per heavy atom. The molecular weight excluding hydrogens is 200 g/mol. The zero-order chi connectivity index (χ0) is 11.8. The van der Waals surface area contributed by atoms with E-state index in [2.05, 4.69) is 14.8 Å². The quantitative estimate of drug-likeness (QED) is 0.406. The lowest BCUT2D eigenvalue weighted by molar-refractivity contribution is -0.456. The first kappa shape index (κ1) is 13.4. The molecule has 5 nitrogen and oxygen atoms in total. The van der Waals surface area contributed by atoms with Crippen molar-refractivity contribution in [2.45, 2.75) is 27.7 Å². The predicted molar refractivity (Wildman–Crippen MR) is 52.1 cm³/mol. The smallest absolute Gasteiger partial charge is 0.254 e. The standard InChI is InChI=1S/C10H14O5/c1-5-7(3)9(11)13-15-14-10(12)8(4)6-2/h5-6H,1-4H3/b7-5+,8-6+. The molecule has 0 heterocycles. The molecule has 0 radical (unpaired) electrons. The van der Waals surface area contributed by atoms with Crippen molar-refractivity contribution in [1.29, 1.82) is 0 Å². The van der Waals surface area contributed by atoms with E-state index in [1.54, 1.807) is 39.8 Å².